The molecular formula is C29H27NO. The van der Waals surface area contributed by atoms with Gasteiger partial charge in [-0.05, 0) is 60.0 Å². The summed E-state index contributed by atoms with van der Waals surface area (Å²) in [6.07, 6.45) is 2.57. The topological polar surface area (TPSA) is 20.3 Å². The average Bonchev–Trinajstić information content (AvgIpc) is 2.84. The number of benzene rings is 4. The molecule has 0 aliphatic rings. The SMILES string of the molecule is CCCCC(=O)c1cccc(-c2cccc(N(c3ccccc3)c3ccccc3)c2)c1. The highest BCUT2D eigenvalue weighted by molar-refractivity contribution is 5.97. The normalized spacial score (nSPS) is 10.6. The Morgan fingerprint density at radius 3 is 1.81 bits per heavy atom. The van der Waals surface area contributed by atoms with E-state index in [1.54, 1.807) is 0 Å². The van der Waals surface area contributed by atoms with Crippen LogP contribution in [-0.2, 0) is 0 Å². The van der Waals surface area contributed by atoms with Crippen molar-refractivity contribution in [1.82, 2.24) is 0 Å². The molecular weight excluding hydrogens is 378 g/mol. The number of ketones is 1. The van der Waals surface area contributed by atoms with Gasteiger partial charge in [0, 0.05) is 29.0 Å². The Bertz CT molecular complexity index is 1100. The Hall–Kier alpha value is -3.65. The Morgan fingerprint density at radius 2 is 1.19 bits per heavy atom. The number of rotatable bonds is 8. The Morgan fingerprint density at radius 1 is 0.645 bits per heavy atom. The summed E-state index contributed by atoms with van der Waals surface area (Å²) in [4.78, 5) is 14.8. The van der Waals surface area contributed by atoms with Crippen LogP contribution in [0.1, 0.15) is 36.5 Å². The van der Waals surface area contributed by atoms with E-state index < -0.39 is 0 Å². The summed E-state index contributed by atoms with van der Waals surface area (Å²) in [6.45, 7) is 2.11. The molecule has 0 radical (unpaired) electrons. The monoisotopic (exact) mass is 405 g/mol. The molecule has 2 nitrogen and oxygen atoms in total. The van der Waals surface area contributed by atoms with Crippen LogP contribution >= 0.6 is 0 Å². The lowest BCUT2D eigenvalue weighted by Gasteiger charge is -2.26. The van der Waals surface area contributed by atoms with E-state index in [0.29, 0.717) is 6.42 Å². The Balaban J connectivity index is 1.73. The molecule has 0 saturated heterocycles. The van der Waals surface area contributed by atoms with Crippen molar-refractivity contribution < 1.29 is 4.79 Å². The molecule has 0 aliphatic carbocycles. The van der Waals surface area contributed by atoms with Gasteiger partial charge in [0.25, 0.3) is 0 Å². The molecule has 0 aliphatic heterocycles. The second-order valence-corrected chi connectivity index (χ2v) is 7.66. The second-order valence-electron chi connectivity index (χ2n) is 7.66. The lowest BCUT2D eigenvalue weighted by molar-refractivity contribution is 0.0980. The molecule has 0 bridgehead atoms. The molecule has 0 atom stereocenters. The summed E-state index contributed by atoms with van der Waals surface area (Å²) in [5.41, 5.74) is 6.24. The van der Waals surface area contributed by atoms with Gasteiger partial charge >= 0.3 is 0 Å². The summed E-state index contributed by atoms with van der Waals surface area (Å²) in [5.74, 6) is 0.218. The number of carbonyl (C=O) groups excluding carboxylic acids is 1. The summed E-state index contributed by atoms with van der Waals surface area (Å²) in [5, 5.41) is 0. The number of para-hydroxylation sites is 2. The zero-order chi connectivity index (χ0) is 21.5. The fraction of sp³-hybridized carbons (Fsp3) is 0.138. The zero-order valence-corrected chi connectivity index (χ0v) is 17.9. The van der Waals surface area contributed by atoms with Gasteiger partial charge in [0.1, 0.15) is 0 Å². The first-order valence-corrected chi connectivity index (χ1v) is 10.9. The van der Waals surface area contributed by atoms with Crippen molar-refractivity contribution in [1.29, 1.82) is 0 Å². The standard InChI is InChI=1S/C29H27NO/c1-2-3-20-29(31)25-14-10-12-23(21-25)24-13-11-19-28(22-24)30(26-15-6-4-7-16-26)27-17-8-5-9-18-27/h4-19,21-22H,2-3,20H2,1H3. The lowest BCUT2D eigenvalue weighted by Crippen LogP contribution is -2.09. The molecule has 4 aromatic carbocycles. The van der Waals surface area contributed by atoms with Gasteiger partial charge in [-0.1, -0.05) is 80.1 Å². The summed E-state index contributed by atoms with van der Waals surface area (Å²) in [6, 6.07) is 37.3. The van der Waals surface area contributed by atoms with Gasteiger partial charge in [-0.15, -0.1) is 0 Å². The van der Waals surface area contributed by atoms with Crippen molar-refractivity contribution in [2.75, 3.05) is 4.90 Å². The minimum Gasteiger partial charge on any atom is -0.310 e. The van der Waals surface area contributed by atoms with Crippen molar-refractivity contribution in [3.8, 4) is 11.1 Å². The maximum Gasteiger partial charge on any atom is 0.162 e. The molecule has 0 N–H and O–H groups in total. The maximum absolute atomic E-state index is 12.5. The van der Waals surface area contributed by atoms with Gasteiger partial charge in [-0.3, -0.25) is 4.79 Å². The third-order valence-electron chi connectivity index (χ3n) is 5.41. The van der Waals surface area contributed by atoms with E-state index in [1.807, 2.05) is 30.3 Å². The van der Waals surface area contributed by atoms with Crippen LogP contribution in [0.25, 0.3) is 11.1 Å². The highest BCUT2D eigenvalue weighted by Gasteiger charge is 2.13. The summed E-state index contributed by atoms with van der Waals surface area (Å²) in [7, 11) is 0. The predicted molar refractivity (Wildman–Crippen MR) is 130 cm³/mol. The molecule has 0 amide bonds. The molecule has 0 unspecified atom stereocenters. The molecule has 4 aromatic rings. The smallest absolute Gasteiger partial charge is 0.162 e. The molecule has 154 valence electrons. The number of hydrogen-bond donors (Lipinski definition) is 0. The van der Waals surface area contributed by atoms with Gasteiger partial charge < -0.3 is 4.90 Å². The molecule has 0 spiro atoms. The number of Topliss-reactive ketones (excluding diaryl/α,β-unsaturated/α-hetero) is 1. The fourth-order valence-corrected chi connectivity index (χ4v) is 3.78. The van der Waals surface area contributed by atoms with E-state index in [4.69, 9.17) is 0 Å². The van der Waals surface area contributed by atoms with Crippen molar-refractivity contribution >= 4 is 22.8 Å². The molecule has 0 fully saturated rings. The van der Waals surface area contributed by atoms with Crippen LogP contribution in [0.3, 0.4) is 0 Å². The number of nitrogens with zero attached hydrogens (tertiary/aromatic N) is 1. The van der Waals surface area contributed by atoms with E-state index in [0.717, 1.165) is 46.6 Å². The highest BCUT2D eigenvalue weighted by atomic mass is 16.1. The van der Waals surface area contributed by atoms with E-state index >= 15 is 0 Å². The predicted octanol–water partition coefficient (Wildman–Crippen LogP) is 8.20. The zero-order valence-electron chi connectivity index (χ0n) is 17.9. The summed E-state index contributed by atoms with van der Waals surface area (Å²) >= 11 is 0. The second kappa shape index (κ2) is 9.90. The van der Waals surface area contributed by atoms with Crippen LogP contribution in [0.15, 0.2) is 109 Å². The highest BCUT2D eigenvalue weighted by Crippen LogP contribution is 2.36. The fourth-order valence-electron chi connectivity index (χ4n) is 3.78. The first-order valence-electron chi connectivity index (χ1n) is 10.9. The molecule has 0 heterocycles. The quantitative estimate of drug-likeness (QED) is 0.275. The third-order valence-corrected chi connectivity index (χ3v) is 5.41. The molecule has 31 heavy (non-hydrogen) atoms. The van der Waals surface area contributed by atoms with Gasteiger partial charge in [-0.2, -0.15) is 0 Å². The maximum atomic E-state index is 12.5. The molecule has 0 saturated carbocycles. The number of anilines is 3. The number of hydrogen-bond acceptors (Lipinski definition) is 2. The third kappa shape index (κ3) is 4.92. The minimum atomic E-state index is 0.218. The number of unbranched alkanes of at least 4 members (excludes halogenated alkanes) is 1. The average molecular weight is 406 g/mol. The van der Waals surface area contributed by atoms with Gasteiger partial charge in [0.2, 0.25) is 0 Å². The van der Waals surface area contributed by atoms with Gasteiger partial charge in [0.05, 0.1) is 0 Å². The van der Waals surface area contributed by atoms with Crippen molar-refractivity contribution in [3.63, 3.8) is 0 Å². The molecule has 0 aromatic heterocycles. The minimum absolute atomic E-state index is 0.218. The van der Waals surface area contributed by atoms with Gasteiger partial charge in [-0.25, -0.2) is 0 Å². The summed E-state index contributed by atoms with van der Waals surface area (Å²) < 4.78 is 0. The van der Waals surface area contributed by atoms with Crippen LogP contribution in [0.4, 0.5) is 17.1 Å². The Kier molecular flexibility index (Phi) is 6.59. The van der Waals surface area contributed by atoms with E-state index in [1.165, 1.54) is 0 Å². The van der Waals surface area contributed by atoms with Crippen LogP contribution in [-0.4, -0.2) is 5.78 Å². The first kappa shape index (κ1) is 20.6. The van der Waals surface area contributed by atoms with Crippen molar-refractivity contribution in [2.45, 2.75) is 26.2 Å². The van der Waals surface area contributed by atoms with Crippen LogP contribution in [0.2, 0.25) is 0 Å². The van der Waals surface area contributed by atoms with E-state index in [-0.39, 0.29) is 5.78 Å². The van der Waals surface area contributed by atoms with Gasteiger partial charge in [0.15, 0.2) is 5.78 Å². The van der Waals surface area contributed by atoms with Crippen molar-refractivity contribution in [3.05, 3.63) is 115 Å². The Labute approximate surface area is 184 Å². The van der Waals surface area contributed by atoms with E-state index in [9.17, 15) is 4.79 Å². The van der Waals surface area contributed by atoms with Crippen LogP contribution in [0.5, 0.6) is 0 Å². The van der Waals surface area contributed by atoms with E-state index in [2.05, 4.69) is 90.7 Å². The molecule has 2 heteroatoms. The largest absolute Gasteiger partial charge is 0.310 e. The van der Waals surface area contributed by atoms with Crippen molar-refractivity contribution in [2.24, 2.45) is 0 Å². The molecule has 4 rings (SSSR count). The van der Waals surface area contributed by atoms with Crippen LogP contribution < -0.4 is 4.90 Å². The van der Waals surface area contributed by atoms with Crippen LogP contribution in [0, 0.1) is 0 Å². The number of carbonyl (C=O) groups is 1. The lowest BCUT2D eigenvalue weighted by atomic mass is 9.99. The first-order chi connectivity index (χ1) is 15.3.